The quantitative estimate of drug-likeness (QED) is 0.821. The maximum Gasteiger partial charge on any atom is 0.240 e. The highest BCUT2D eigenvalue weighted by molar-refractivity contribution is 7.89. The molecule has 0 aliphatic carbocycles. The third kappa shape index (κ3) is 4.26. The number of nitrogens with one attached hydrogen (secondary N) is 2. The number of thiazole rings is 1. The van der Waals surface area contributed by atoms with Crippen molar-refractivity contribution in [2.24, 2.45) is 0 Å². The van der Waals surface area contributed by atoms with Gasteiger partial charge < -0.3 is 5.32 Å². The minimum Gasteiger partial charge on any atom is -0.380 e. The molecule has 2 N–H and O–H groups in total. The fourth-order valence-electron chi connectivity index (χ4n) is 1.81. The molecule has 114 valence electrons. The molecule has 0 spiro atoms. The summed E-state index contributed by atoms with van der Waals surface area (Å²) in [5, 5.41) is 4.39. The van der Waals surface area contributed by atoms with Gasteiger partial charge in [0.05, 0.1) is 16.4 Å². The molecule has 1 aromatic carbocycles. The lowest BCUT2D eigenvalue weighted by molar-refractivity contribution is 0.584. The molecule has 0 bridgehead atoms. The van der Waals surface area contributed by atoms with E-state index in [1.54, 1.807) is 42.5 Å². The summed E-state index contributed by atoms with van der Waals surface area (Å²) in [6.45, 7) is 4.91. The van der Waals surface area contributed by atoms with Gasteiger partial charge >= 0.3 is 0 Å². The van der Waals surface area contributed by atoms with Crippen molar-refractivity contribution in [2.45, 2.75) is 31.7 Å². The Balaban J connectivity index is 1.99. The molecule has 0 saturated carbocycles. The molecule has 21 heavy (non-hydrogen) atoms. The van der Waals surface area contributed by atoms with Gasteiger partial charge in [-0.3, -0.25) is 0 Å². The standard InChI is InChI=1S/C14H19N3O2S2/c1-3-14-16-10-12(20-14)9-15-11-5-7-13(8-6-11)21(18,19)17-4-2/h5-8,10,15,17H,3-4,9H2,1-2H3. The number of hydrogen-bond donors (Lipinski definition) is 2. The molecule has 0 unspecified atom stereocenters. The van der Waals surface area contributed by atoms with Crippen molar-refractivity contribution in [3.05, 3.63) is 40.3 Å². The maximum absolute atomic E-state index is 11.8. The van der Waals surface area contributed by atoms with Crippen LogP contribution in [0.3, 0.4) is 0 Å². The summed E-state index contributed by atoms with van der Waals surface area (Å²) in [6.07, 6.45) is 2.82. The van der Waals surface area contributed by atoms with E-state index in [4.69, 9.17) is 0 Å². The van der Waals surface area contributed by atoms with Crippen LogP contribution in [-0.4, -0.2) is 19.9 Å². The second-order valence-electron chi connectivity index (χ2n) is 4.45. The molecule has 0 atom stereocenters. The second-order valence-corrected chi connectivity index (χ2v) is 7.42. The number of nitrogens with zero attached hydrogens (tertiary/aromatic N) is 1. The number of anilines is 1. The minimum absolute atomic E-state index is 0.279. The Morgan fingerprint density at radius 3 is 2.48 bits per heavy atom. The molecule has 0 fully saturated rings. The summed E-state index contributed by atoms with van der Waals surface area (Å²) in [5.41, 5.74) is 0.886. The Hall–Kier alpha value is -1.44. The van der Waals surface area contributed by atoms with Crippen LogP contribution in [-0.2, 0) is 23.0 Å². The molecule has 7 heteroatoms. The number of hydrogen-bond acceptors (Lipinski definition) is 5. The summed E-state index contributed by atoms with van der Waals surface area (Å²) < 4.78 is 26.1. The van der Waals surface area contributed by atoms with E-state index in [0.717, 1.165) is 22.0 Å². The summed E-state index contributed by atoms with van der Waals surface area (Å²) >= 11 is 1.69. The van der Waals surface area contributed by atoms with Crippen molar-refractivity contribution in [3.8, 4) is 0 Å². The van der Waals surface area contributed by atoms with Crippen LogP contribution in [0.4, 0.5) is 5.69 Å². The van der Waals surface area contributed by atoms with Crippen LogP contribution in [0, 0.1) is 0 Å². The maximum atomic E-state index is 11.8. The first-order valence-corrected chi connectivity index (χ1v) is 9.12. The van der Waals surface area contributed by atoms with E-state index in [1.807, 2.05) is 6.20 Å². The lowest BCUT2D eigenvalue weighted by atomic mass is 10.3. The van der Waals surface area contributed by atoms with Crippen LogP contribution in [0.1, 0.15) is 23.7 Å². The molecular formula is C14H19N3O2S2. The molecule has 5 nitrogen and oxygen atoms in total. The van der Waals surface area contributed by atoms with Gasteiger partial charge in [0.15, 0.2) is 0 Å². The summed E-state index contributed by atoms with van der Waals surface area (Å²) in [7, 11) is -3.38. The summed E-state index contributed by atoms with van der Waals surface area (Å²) in [5.74, 6) is 0. The van der Waals surface area contributed by atoms with E-state index < -0.39 is 10.0 Å². The van der Waals surface area contributed by atoms with E-state index in [9.17, 15) is 8.42 Å². The molecule has 0 radical (unpaired) electrons. The van der Waals surface area contributed by atoms with E-state index >= 15 is 0 Å². The highest BCUT2D eigenvalue weighted by Crippen LogP contribution is 2.17. The first-order chi connectivity index (χ1) is 10.0. The average Bonchev–Trinajstić information content (AvgIpc) is 2.93. The van der Waals surface area contributed by atoms with Gasteiger partial charge in [0.2, 0.25) is 10.0 Å². The zero-order valence-electron chi connectivity index (χ0n) is 12.1. The molecule has 0 aliphatic rings. The normalized spacial score (nSPS) is 11.5. The Bertz CT molecular complexity index is 678. The van der Waals surface area contributed by atoms with Gasteiger partial charge in [-0.25, -0.2) is 18.1 Å². The lowest BCUT2D eigenvalue weighted by Gasteiger charge is -2.07. The van der Waals surface area contributed by atoms with Crippen LogP contribution in [0.15, 0.2) is 35.4 Å². The first kappa shape index (κ1) is 15.9. The van der Waals surface area contributed by atoms with E-state index in [0.29, 0.717) is 13.1 Å². The molecule has 0 amide bonds. The van der Waals surface area contributed by atoms with Gasteiger partial charge in [-0.1, -0.05) is 13.8 Å². The van der Waals surface area contributed by atoms with Crippen LogP contribution in [0.25, 0.3) is 0 Å². The average molecular weight is 325 g/mol. The fourth-order valence-corrected chi connectivity index (χ4v) is 3.65. The van der Waals surface area contributed by atoms with Gasteiger partial charge in [0.1, 0.15) is 0 Å². The topological polar surface area (TPSA) is 71.1 Å². The minimum atomic E-state index is -3.38. The molecule has 1 aromatic heterocycles. The Labute approximate surface area is 129 Å². The van der Waals surface area contributed by atoms with Gasteiger partial charge in [0, 0.05) is 23.3 Å². The number of aryl methyl sites for hydroxylation is 1. The first-order valence-electron chi connectivity index (χ1n) is 6.82. The zero-order chi connectivity index (χ0) is 15.3. The van der Waals surface area contributed by atoms with Crippen molar-refractivity contribution in [1.82, 2.24) is 9.71 Å². The Morgan fingerprint density at radius 1 is 1.19 bits per heavy atom. The Morgan fingerprint density at radius 2 is 1.90 bits per heavy atom. The van der Waals surface area contributed by atoms with Crippen LogP contribution in [0.2, 0.25) is 0 Å². The zero-order valence-corrected chi connectivity index (χ0v) is 13.7. The smallest absolute Gasteiger partial charge is 0.240 e. The van der Waals surface area contributed by atoms with Gasteiger partial charge in [-0.05, 0) is 30.7 Å². The van der Waals surface area contributed by atoms with E-state index in [1.165, 1.54) is 0 Å². The molecule has 0 aliphatic heterocycles. The number of rotatable bonds is 7. The Kier molecular flexibility index (Phi) is 5.33. The SMILES string of the molecule is CCNS(=O)(=O)c1ccc(NCc2cnc(CC)s2)cc1. The van der Waals surface area contributed by atoms with Crippen LogP contribution < -0.4 is 10.0 Å². The summed E-state index contributed by atoms with van der Waals surface area (Å²) in [6, 6.07) is 6.74. The fraction of sp³-hybridized carbons (Fsp3) is 0.357. The van der Waals surface area contributed by atoms with Crippen molar-refractivity contribution >= 4 is 27.0 Å². The summed E-state index contributed by atoms with van der Waals surface area (Å²) in [4.78, 5) is 5.75. The van der Waals surface area contributed by atoms with Crippen molar-refractivity contribution in [1.29, 1.82) is 0 Å². The number of sulfonamides is 1. The van der Waals surface area contributed by atoms with E-state index in [2.05, 4.69) is 21.9 Å². The molecule has 2 rings (SSSR count). The largest absolute Gasteiger partial charge is 0.380 e. The molecular weight excluding hydrogens is 306 g/mol. The van der Waals surface area contributed by atoms with Crippen molar-refractivity contribution < 1.29 is 8.42 Å². The third-order valence-electron chi connectivity index (χ3n) is 2.87. The van der Waals surface area contributed by atoms with Crippen molar-refractivity contribution in [3.63, 3.8) is 0 Å². The third-order valence-corrected chi connectivity index (χ3v) is 5.57. The second kappa shape index (κ2) is 7.02. The van der Waals surface area contributed by atoms with Gasteiger partial charge in [-0.15, -0.1) is 11.3 Å². The van der Waals surface area contributed by atoms with Crippen LogP contribution >= 0.6 is 11.3 Å². The highest BCUT2D eigenvalue weighted by Gasteiger charge is 2.11. The van der Waals surface area contributed by atoms with E-state index in [-0.39, 0.29) is 4.90 Å². The molecule has 0 saturated heterocycles. The molecule has 1 heterocycles. The molecule has 2 aromatic rings. The monoisotopic (exact) mass is 325 g/mol. The highest BCUT2D eigenvalue weighted by atomic mass is 32.2. The van der Waals surface area contributed by atoms with Crippen LogP contribution in [0.5, 0.6) is 0 Å². The predicted octanol–water partition coefficient (Wildman–Crippen LogP) is 2.62. The van der Waals surface area contributed by atoms with Crippen molar-refractivity contribution in [2.75, 3.05) is 11.9 Å². The number of benzene rings is 1. The number of aromatic nitrogens is 1. The lowest BCUT2D eigenvalue weighted by Crippen LogP contribution is -2.23. The predicted molar refractivity (Wildman–Crippen MR) is 86.1 cm³/mol. The van der Waals surface area contributed by atoms with Gasteiger partial charge in [0.25, 0.3) is 0 Å². The van der Waals surface area contributed by atoms with Gasteiger partial charge in [-0.2, -0.15) is 0 Å².